The number of anilines is 1. The number of rotatable bonds is 8. The summed E-state index contributed by atoms with van der Waals surface area (Å²) in [6.45, 7) is 3.29. The molecule has 0 aliphatic rings. The Balaban J connectivity index is 2.41. The number of nitrogens with one attached hydrogen (secondary N) is 1. The maximum atomic E-state index is 8.63. The third-order valence-electron chi connectivity index (χ3n) is 1.98. The number of nitrogens with zero attached hydrogens (tertiary/aromatic N) is 3. The summed E-state index contributed by atoms with van der Waals surface area (Å²) >= 11 is 5.73. The van der Waals surface area contributed by atoms with Crippen LogP contribution in [0.25, 0.3) is 0 Å². The minimum atomic E-state index is 0.112. The SMILES string of the molecule is CCOc1nc(Cl)nc(NCCCCCO)n1. The Labute approximate surface area is 105 Å². The summed E-state index contributed by atoms with van der Waals surface area (Å²) in [4.78, 5) is 11.8. The first-order valence-corrected chi connectivity index (χ1v) is 6.03. The normalized spacial score (nSPS) is 10.3. The van der Waals surface area contributed by atoms with E-state index in [9.17, 15) is 0 Å². The van der Waals surface area contributed by atoms with Crippen LogP contribution in [-0.2, 0) is 0 Å². The van der Waals surface area contributed by atoms with Gasteiger partial charge in [0.15, 0.2) is 0 Å². The molecule has 1 heterocycles. The second kappa shape index (κ2) is 8.03. The molecule has 0 amide bonds. The fourth-order valence-corrected chi connectivity index (χ4v) is 1.37. The van der Waals surface area contributed by atoms with E-state index >= 15 is 0 Å². The van der Waals surface area contributed by atoms with Crippen molar-refractivity contribution >= 4 is 17.5 Å². The van der Waals surface area contributed by atoms with E-state index in [1.807, 2.05) is 6.92 Å². The van der Waals surface area contributed by atoms with Crippen molar-refractivity contribution in [1.82, 2.24) is 15.0 Å². The van der Waals surface area contributed by atoms with Gasteiger partial charge in [-0.05, 0) is 37.8 Å². The zero-order chi connectivity index (χ0) is 12.5. The number of unbranched alkanes of at least 4 members (excludes halogenated alkanes) is 2. The van der Waals surface area contributed by atoms with E-state index in [1.165, 1.54) is 0 Å². The Morgan fingerprint density at radius 3 is 2.76 bits per heavy atom. The molecule has 0 spiro atoms. The molecule has 2 N–H and O–H groups in total. The third-order valence-corrected chi connectivity index (χ3v) is 2.15. The zero-order valence-corrected chi connectivity index (χ0v) is 10.6. The van der Waals surface area contributed by atoms with Gasteiger partial charge in [-0.1, -0.05) is 0 Å². The molecule has 0 aliphatic carbocycles. The van der Waals surface area contributed by atoms with Crippen LogP contribution >= 0.6 is 11.6 Å². The summed E-state index contributed by atoms with van der Waals surface area (Å²) in [6, 6.07) is 0.227. The molecule has 1 aromatic heterocycles. The van der Waals surface area contributed by atoms with Crippen molar-refractivity contribution in [3.8, 4) is 6.01 Å². The van der Waals surface area contributed by atoms with Gasteiger partial charge < -0.3 is 15.2 Å². The van der Waals surface area contributed by atoms with Gasteiger partial charge in [-0.2, -0.15) is 15.0 Å². The molecule has 6 nitrogen and oxygen atoms in total. The largest absolute Gasteiger partial charge is 0.464 e. The van der Waals surface area contributed by atoms with Crippen LogP contribution in [0.4, 0.5) is 5.95 Å². The first-order valence-electron chi connectivity index (χ1n) is 5.65. The summed E-state index contributed by atoms with van der Waals surface area (Å²) in [5.74, 6) is 0.414. The van der Waals surface area contributed by atoms with Gasteiger partial charge in [0, 0.05) is 13.2 Å². The first-order chi connectivity index (χ1) is 8.26. The minimum absolute atomic E-state index is 0.112. The van der Waals surface area contributed by atoms with Crippen molar-refractivity contribution in [2.75, 3.05) is 25.1 Å². The quantitative estimate of drug-likeness (QED) is 0.690. The lowest BCUT2D eigenvalue weighted by atomic mass is 10.2. The molecule has 7 heteroatoms. The van der Waals surface area contributed by atoms with Gasteiger partial charge in [-0.15, -0.1) is 0 Å². The first kappa shape index (κ1) is 13.9. The molecule has 0 radical (unpaired) electrons. The van der Waals surface area contributed by atoms with Crippen molar-refractivity contribution in [2.24, 2.45) is 0 Å². The molecule has 1 rings (SSSR count). The van der Waals surface area contributed by atoms with E-state index in [2.05, 4.69) is 20.3 Å². The summed E-state index contributed by atoms with van der Waals surface area (Å²) in [5, 5.41) is 11.8. The monoisotopic (exact) mass is 260 g/mol. The Kier molecular flexibility index (Phi) is 6.57. The number of hydrogen-bond acceptors (Lipinski definition) is 6. The third kappa shape index (κ3) is 5.65. The lowest BCUT2D eigenvalue weighted by Crippen LogP contribution is -2.08. The molecule has 17 heavy (non-hydrogen) atoms. The zero-order valence-electron chi connectivity index (χ0n) is 9.82. The van der Waals surface area contributed by atoms with Crippen LogP contribution in [-0.4, -0.2) is 39.8 Å². The van der Waals surface area contributed by atoms with Crippen molar-refractivity contribution in [3.63, 3.8) is 0 Å². The summed E-state index contributed by atoms with van der Waals surface area (Å²) in [7, 11) is 0. The number of ether oxygens (including phenoxy) is 1. The highest BCUT2D eigenvalue weighted by molar-refractivity contribution is 6.28. The molecular weight excluding hydrogens is 244 g/mol. The minimum Gasteiger partial charge on any atom is -0.464 e. The van der Waals surface area contributed by atoms with Gasteiger partial charge in [0.25, 0.3) is 0 Å². The molecule has 0 fully saturated rings. The predicted octanol–water partition coefficient (Wildman–Crippen LogP) is 1.50. The number of hydrogen-bond donors (Lipinski definition) is 2. The Hall–Kier alpha value is -1.14. The second-order valence-corrected chi connectivity index (χ2v) is 3.69. The van der Waals surface area contributed by atoms with Gasteiger partial charge >= 0.3 is 6.01 Å². The van der Waals surface area contributed by atoms with E-state index in [-0.39, 0.29) is 17.9 Å². The number of aliphatic hydroxyl groups excluding tert-OH is 1. The van der Waals surface area contributed by atoms with Crippen LogP contribution in [0, 0.1) is 0 Å². The summed E-state index contributed by atoms with van der Waals surface area (Å²) in [5.41, 5.74) is 0. The highest BCUT2D eigenvalue weighted by Gasteiger charge is 2.04. The summed E-state index contributed by atoms with van der Waals surface area (Å²) in [6.07, 6.45) is 2.71. The molecule has 96 valence electrons. The van der Waals surface area contributed by atoms with E-state index in [1.54, 1.807) is 0 Å². The van der Waals surface area contributed by atoms with Gasteiger partial charge in [-0.3, -0.25) is 0 Å². The lowest BCUT2D eigenvalue weighted by molar-refractivity contribution is 0.283. The highest BCUT2D eigenvalue weighted by atomic mass is 35.5. The van der Waals surface area contributed by atoms with Crippen molar-refractivity contribution in [2.45, 2.75) is 26.2 Å². The predicted molar refractivity (Wildman–Crippen MR) is 65.4 cm³/mol. The molecule has 0 aliphatic heterocycles. The van der Waals surface area contributed by atoms with Gasteiger partial charge in [0.2, 0.25) is 11.2 Å². The fraction of sp³-hybridized carbons (Fsp3) is 0.700. The number of aliphatic hydroxyl groups is 1. The van der Waals surface area contributed by atoms with Crippen LogP contribution < -0.4 is 10.1 Å². The number of halogens is 1. The average molecular weight is 261 g/mol. The van der Waals surface area contributed by atoms with E-state index in [4.69, 9.17) is 21.4 Å². The molecule has 0 saturated heterocycles. The maximum Gasteiger partial charge on any atom is 0.322 e. The molecular formula is C10H17ClN4O2. The molecule has 0 saturated carbocycles. The van der Waals surface area contributed by atoms with Gasteiger partial charge in [0.05, 0.1) is 6.61 Å². The lowest BCUT2D eigenvalue weighted by Gasteiger charge is -2.06. The van der Waals surface area contributed by atoms with Gasteiger partial charge in [0.1, 0.15) is 0 Å². The molecule has 0 atom stereocenters. The smallest absolute Gasteiger partial charge is 0.322 e. The van der Waals surface area contributed by atoms with Gasteiger partial charge in [-0.25, -0.2) is 0 Å². The molecule has 0 unspecified atom stereocenters. The summed E-state index contributed by atoms with van der Waals surface area (Å²) < 4.78 is 5.15. The Bertz CT molecular complexity index is 338. The molecule has 1 aromatic rings. The van der Waals surface area contributed by atoms with Crippen LogP contribution in [0.1, 0.15) is 26.2 Å². The Morgan fingerprint density at radius 1 is 1.24 bits per heavy atom. The fourth-order valence-electron chi connectivity index (χ4n) is 1.22. The molecule has 0 aromatic carbocycles. The second-order valence-electron chi connectivity index (χ2n) is 3.35. The van der Waals surface area contributed by atoms with Crippen molar-refractivity contribution < 1.29 is 9.84 Å². The standard InChI is InChI=1S/C10H17ClN4O2/c1-2-17-10-14-8(11)13-9(15-10)12-6-4-3-5-7-16/h16H,2-7H2,1H3,(H,12,13,14,15). The maximum absolute atomic E-state index is 8.63. The van der Waals surface area contributed by atoms with Crippen LogP contribution in [0.15, 0.2) is 0 Å². The van der Waals surface area contributed by atoms with Crippen molar-refractivity contribution in [1.29, 1.82) is 0 Å². The van der Waals surface area contributed by atoms with E-state index in [0.29, 0.717) is 12.6 Å². The molecule has 0 bridgehead atoms. The van der Waals surface area contributed by atoms with Crippen molar-refractivity contribution in [3.05, 3.63) is 5.28 Å². The van der Waals surface area contributed by atoms with Crippen LogP contribution in [0.5, 0.6) is 6.01 Å². The highest BCUT2D eigenvalue weighted by Crippen LogP contribution is 2.11. The van der Waals surface area contributed by atoms with E-state index < -0.39 is 0 Å². The topological polar surface area (TPSA) is 80.2 Å². The number of aromatic nitrogens is 3. The Morgan fingerprint density at radius 2 is 2.06 bits per heavy atom. The van der Waals surface area contributed by atoms with Crippen LogP contribution in [0.3, 0.4) is 0 Å². The average Bonchev–Trinajstić information content (AvgIpc) is 2.28. The van der Waals surface area contributed by atoms with E-state index in [0.717, 1.165) is 25.8 Å². The van der Waals surface area contributed by atoms with Crippen LogP contribution in [0.2, 0.25) is 5.28 Å².